The number of rotatable bonds is 2. The van der Waals surface area contributed by atoms with Crippen molar-refractivity contribution in [2.75, 3.05) is 13.2 Å². The van der Waals surface area contributed by atoms with Gasteiger partial charge in [0.15, 0.2) is 0 Å². The molecule has 1 aliphatic rings. The summed E-state index contributed by atoms with van der Waals surface area (Å²) < 4.78 is 10.1. The topological polar surface area (TPSA) is 22.4 Å². The van der Waals surface area contributed by atoms with Crippen molar-refractivity contribution in [1.82, 2.24) is 0 Å². The molecule has 0 radical (unpaired) electrons. The molecule has 0 aliphatic carbocycles. The molecule has 1 atom stereocenters. The quantitative estimate of drug-likeness (QED) is 0.755. The Morgan fingerprint density at radius 3 is 2.25 bits per heavy atom. The maximum absolute atomic E-state index is 5.22. The highest BCUT2D eigenvalue weighted by Gasteiger charge is 2.18. The van der Waals surface area contributed by atoms with Crippen LogP contribution in [0.2, 0.25) is 0 Å². The fraction of sp³-hybridized carbons (Fsp3) is 0.714. The summed E-state index contributed by atoms with van der Waals surface area (Å²) in [6.45, 7) is 10.8. The molecule has 2 heterocycles. The zero-order chi connectivity index (χ0) is 12.0. The maximum Gasteiger partial charge on any atom is 0.0937 e. The molecule has 2 nitrogen and oxygen atoms in total. The first-order chi connectivity index (χ1) is 7.61. The van der Waals surface area contributed by atoms with Crippen LogP contribution >= 0.6 is 0 Å². The Kier molecular flexibility index (Phi) is 5.61. The van der Waals surface area contributed by atoms with Crippen molar-refractivity contribution in [3.63, 3.8) is 0 Å². The second-order valence-electron chi connectivity index (χ2n) is 5.08. The molecule has 1 aromatic rings. The van der Waals surface area contributed by atoms with Crippen LogP contribution in [0, 0.1) is 11.8 Å². The Bertz CT molecular complexity index is 256. The molecular formula is C14H24O2. The van der Waals surface area contributed by atoms with E-state index in [0.717, 1.165) is 25.0 Å². The van der Waals surface area contributed by atoms with Gasteiger partial charge >= 0.3 is 0 Å². The van der Waals surface area contributed by atoms with Crippen LogP contribution in [0.4, 0.5) is 0 Å². The molecule has 0 amide bonds. The van der Waals surface area contributed by atoms with Crippen LogP contribution in [-0.2, 0) is 4.74 Å². The maximum atomic E-state index is 5.22. The SMILES string of the molecule is CC(C)C1CCOC1.CC(C)c1ccoc1. The normalized spacial score (nSPS) is 20.0. The highest BCUT2D eigenvalue weighted by molar-refractivity contribution is 5.09. The minimum absolute atomic E-state index is 0.591. The van der Waals surface area contributed by atoms with Crippen molar-refractivity contribution in [3.8, 4) is 0 Å². The average molecular weight is 224 g/mol. The van der Waals surface area contributed by atoms with Gasteiger partial charge in [0.1, 0.15) is 0 Å². The molecule has 1 aromatic heterocycles. The van der Waals surface area contributed by atoms with Crippen LogP contribution in [0.3, 0.4) is 0 Å². The highest BCUT2D eigenvalue weighted by atomic mass is 16.5. The third-order valence-corrected chi connectivity index (χ3v) is 3.12. The van der Waals surface area contributed by atoms with Gasteiger partial charge in [0.2, 0.25) is 0 Å². The van der Waals surface area contributed by atoms with E-state index in [1.165, 1.54) is 12.0 Å². The predicted molar refractivity (Wildman–Crippen MR) is 66.6 cm³/mol. The summed E-state index contributed by atoms with van der Waals surface area (Å²) in [6.07, 6.45) is 4.76. The second kappa shape index (κ2) is 6.74. The Morgan fingerprint density at radius 2 is 2.00 bits per heavy atom. The Labute approximate surface area is 99.0 Å². The zero-order valence-electron chi connectivity index (χ0n) is 10.9. The van der Waals surface area contributed by atoms with Gasteiger partial charge in [-0.25, -0.2) is 0 Å². The molecule has 1 aliphatic heterocycles. The van der Waals surface area contributed by atoms with Crippen LogP contribution in [0.25, 0.3) is 0 Å². The standard InChI is InChI=1S/C7H14O.C7H10O/c2*1-6(2)7-3-4-8-5-7/h6-7H,3-5H2,1-2H3;3-6H,1-2H3. The molecule has 1 saturated heterocycles. The minimum atomic E-state index is 0.591. The molecule has 1 fully saturated rings. The molecule has 1 unspecified atom stereocenters. The van der Waals surface area contributed by atoms with E-state index in [9.17, 15) is 0 Å². The number of ether oxygens (including phenoxy) is 1. The van der Waals surface area contributed by atoms with Gasteiger partial charge in [-0.05, 0) is 35.8 Å². The van der Waals surface area contributed by atoms with E-state index in [1.54, 1.807) is 12.5 Å². The minimum Gasteiger partial charge on any atom is -0.472 e. The van der Waals surface area contributed by atoms with E-state index in [-0.39, 0.29) is 0 Å². The van der Waals surface area contributed by atoms with E-state index in [0.29, 0.717) is 5.92 Å². The lowest BCUT2D eigenvalue weighted by Crippen LogP contribution is -2.06. The first-order valence-corrected chi connectivity index (χ1v) is 6.21. The number of furan rings is 1. The third kappa shape index (κ3) is 4.40. The van der Waals surface area contributed by atoms with Crippen LogP contribution < -0.4 is 0 Å². The Morgan fingerprint density at radius 1 is 1.25 bits per heavy atom. The second-order valence-corrected chi connectivity index (χ2v) is 5.08. The molecule has 0 N–H and O–H groups in total. The van der Waals surface area contributed by atoms with Gasteiger partial charge < -0.3 is 9.15 Å². The Balaban J connectivity index is 0.000000160. The lowest BCUT2D eigenvalue weighted by atomic mass is 9.96. The van der Waals surface area contributed by atoms with Gasteiger partial charge in [0.25, 0.3) is 0 Å². The van der Waals surface area contributed by atoms with Crippen molar-refractivity contribution in [3.05, 3.63) is 24.2 Å². The van der Waals surface area contributed by atoms with Crippen molar-refractivity contribution >= 4 is 0 Å². The lowest BCUT2D eigenvalue weighted by molar-refractivity contribution is 0.177. The third-order valence-electron chi connectivity index (χ3n) is 3.12. The smallest absolute Gasteiger partial charge is 0.0937 e. The van der Waals surface area contributed by atoms with Gasteiger partial charge in [0, 0.05) is 13.2 Å². The molecule has 2 rings (SSSR count). The molecule has 0 aromatic carbocycles. The summed E-state index contributed by atoms with van der Waals surface area (Å²) in [7, 11) is 0. The summed E-state index contributed by atoms with van der Waals surface area (Å²) in [5, 5.41) is 0. The number of hydrogen-bond donors (Lipinski definition) is 0. The van der Waals surface area contributed by atoms with Gasteiger partial charge in [-0.15, -0.1) is 0 Å². The van der Waals surface area contributed by atoms with Crippen molar-refractivity contribution < 1.29 is 9.15 Å². The van der Waals surface area contributed by atoms with Gasteiger partial charge in [-0.3, -0.25) is 0 Å². The van der Waals surface area contributed by atoms with Crippen LogP contribution in [-0.4, -0.2) is 13.2 Å². The van der Waals surface area contributed by atoms with E-state index in [1.807, 2.05) is 6.07 Å². The van der Waals surface area contributed by atoms with Crippen LogP contribution in [0.1, 0.15) is 45.6 Å². The monoisotopic (exact) mass is 224 g/mol. The summed E-state index contributed by atoms with van der Waals surface area (Å²) in [4.78, 5) is 0. The van der Waals surface area contributed by atoms with E-state index >= 15 is 0 Å². The molecule has 0 bridgehead atoms. The summed E-state index contributed by atoms with van der Waals surface area (Å²) >= 11 is 0. The molecular weight excluding hydrogens is 200 g/mol. The molecule has 2 heteroatoms. The van der Waals surface area contributed by atoms with E-state index in [2.05, 4.69) is 27.7 Å². The van der Waals surface area contributed by atoms with Gasteiger partial charge in [0.05, 0.1) is 12.5 Å². The summed E-state index contributed by atoms with van der Waals surface area (Å²) in [5.41, 5.74) is 1.27. The van der Waals surface area contributed by atoms with Crippen LogP contribution in [0.15, 0.2) is 23.0 Å². The molecule has 0 spiro atoms. The molecule has 0 saturated carbocycles. The Hall–Kier alpha value is -0.760. The van der Waals surface area contributed by atoms with E-state index in [4.69, 9.17) is 9.15 Å². The zero-order valence-corrected chi connectivity index (χ0v) is 10.9. The largest absolute Gasteiger partial charge is 0.472 e. The van der Waals surface area contributed by atoms with Crippen molar-refractivity contribution in [2.45, 2.75) is 40.0 Å². The highest BCUT2D eigenvalue weighted by Crippen LogP contribution is 2.20. The fourth-order valence-electron chi connectivity index (χ4n) is 1.68. The first-order valence-electron chi connectivity index (χ1n) is 6.21. The van der Waals surface area contributed by atoms with Crippen molar-refractivity contribution in [1.29, 1.82) is 0 Å². The summed E-state index contributed by atoms with van der Waals surface area (Å²) in [6, 6.07) is 1.99. The molecule has 92 valence electrons. The van der Waals surface area contributed by atoms with E-state index < -0.39 is 0 Å². The number of hydrogen-bond acceptors (Lipinski definition) is 2. The first kappa shape index (κ1) is 13.3. The fourth-order valence-corrected chi connectivity index (χ4v) is 1.68. The van der Waals surface area contributed by atoms with Crippen LogP contribution in [0.5, 0.6) is 0 Å². The lowest BCUT2D eigenvalue weighted by Gasteiger charge is -2.09. The molecule has 16 heavy (non-hydrogen) atoms. The average Bonchev–Trinajstić information content (AvgIpc) is 2.93. The summed E-state index contributed by atoms with van der Waals surface area (Å²) in [5.74, 6) is 2.25. The van der Waals surface area contributed by atoms with Gasteiger partial charge in [-0.2, -0.15) is 0 Å². The van der Waals surface area contributed by atoms with Crippen molar-refractivity contribution in [2.24, 2.45) is 11.8 Å². The predicted octanol–water partition coefficient (Wildman–Crippen LogP) is 4.08. The van der Waals surface area contributed by atoms with Gasteiger partial charge in [-0.1, -0.05) is 27.7 Å².